The van der Waals surface area contributed by atoms with E-state index in [0.717, 1.165) is 70.6 Å². The summed E-state index contributed by atoms with van der Waals surface area (Å²) >= 11 is 0. The molecule has 2 unspecified atom stereocenters. The van der Waals surface area contributed by atoms with Crippen LogP contribution in [0.5, 0.6) is 0 Å². The number of carbonyl (C=O) groups excluding carboxylic acids is 2. The lowest BCUT2D eigenvalue weighted by Gasteiger charge is -2.28. The minimum atomic E-state index is -4.64. The molecule has 0 aromatic heterocycles. The quantitative estimate of drug-likeness (QED) is 0.0195. The standard InChI is InChI=1S/C57H104NO8P/c1-6-8-10-12-14-16-18-20-22-24-26-27-28-29-30-32-33-35-37-39-41-43-45-47-49-56(59)63-53-55(54-65-67(61,62)64-52-51-58(3,4)5)66-57(60)50-48-46-44-42-40-38-36-34-31-25-23-21-19-17-15-13-11-9-7-2/h9,11,15,17,21,23,31,34,38,40,55H,6-8,10,12-14,16,18-20,22,24-30,32-33,35-37,39,41-54H2,1-5H3/b11-9-,17-15-,23-21-,34-31-,40-38-. The number of phosphoric ester groups is 1. The Balaban J connectivity index is 4.22. The number of unbranched alkanes of at least 4 members (excludes halogenated alkanes) is 26. The molecule has 0 aliphatic carbocycles. The number of rotatable bonds is 50. The summed E-state index contributed by atoms with van der Waals surface area (Å²) in [5.41, 5.74) is 0. The predicted molar refractivity (Wildman–Crippen MR) is 282 cm³/mol. The van der Waals surface area contributed by atoms with Gasteiger partial charge in [-0.15, -0.1) is 0 Å². The van der Waals surface area contributed by atoms with Crippen LogP contribution in [0.1, 0.15) is 239 Å². The first-order valence-electron chi connectivity index (χ1n) is 27.5. The molecule has 0 aliphatic heterocycles. The van der Waals surface area contributed by atoms with Crippen molar-refractivity contribution in [3.8, 4) is 0 Å². The van der Waals surface area contributed by atoms with Gasteiger partial charge in [-0.2, -0.15) is 0 Å². The Labute approximate surface area is 413 Å². The maximum atomic E-state index is 12.7. The molecular weight excluding hydrogens is 858 g/mol. The number of carbonyl (C=O) groups is 2. The highest BCUT2D eigenvalue weighted by Crippen LogP contribution is 2.38. The Morgan fingerprint density at radius 1 is 0.478 bits per heavy atom. The lowest BCUT2D eigenvalue weighted by atomic mass is 10.0. The van der Waals surface area contributed by atoms with Crippen molar-refractivity contribution >= 4 is 19.8 Å². The first kappa shape index (κ1) is 64.7. The van der Waals surface area contributed by atoms with Crippen molar-refractivity contribution in [3.05, 3.63) is 60.8 Å². The van der Waals surface area contributed by atoms with Crippen LogP contribution in [0.25, 0.3) is 0 Å². The lowest BCUT2D eigenvalue weighted by molar-refractivity contribution is -0.870. The van der Waals surface area contributed by atoms with E-state index in [2.05, 4.69) is 74.6 Å². The molecule has 67 heavy (non-hydrogen) atoms. The summed E-state index contributed by atoms with van der Waals surface area (Å²) in [6, 6.07) is 0. The summed E-state index contributed by atoms with van der Waals surface area (Å²) in [4.78, 5) is 37.8. The van der Waals surface area contributed by atoms with Crippen LogP contribution in [0.3, 0.4) is 0 Å². The van der Waals surface area contributed by atoms with Crippen LogP contribution in [0.2, 0.25) is 0 Å². The van der Waals surface area contributed by atoms with Gasteiger partial charge < -0.3 is 27.9 Å². The minimum Gasteiger partial charge on any atom is -0.756 e. The normalized spacial score (nSPS) is 13.8. The molecule has 2 atom stereocenters. The monoisotopic (exact) mass is 962 g/mol. The molecule has 390 valence electrons. The molecule has 9 nitrogen and oxygen atoms in total. The van der Waals surface area contributed by atoms with Gasteiger partial charge in [-0.25, -0.2) is 0 Å². The molecule has 0 saturated carbocycles. The van der Waals surface area contributed by atoms with Gasteiger partial charge in [-0.05, 0) is 57.8 Å². The summed E-state index contributed by atoms with van der Waals surface area (Å²) in [6.45, 7) is 4.11. The third-order valence-electron chi connectivity index (χ3n) is 11.8. The van der Waals surface area contributed by atoms with Crippen molar-refractivity contribution in [2.45, 2.75) is 245 Å². The highest BCUT2D eigenvalue weighted by molar-refractivity contribution is 7.45. The second-order valence-electron chi connectivity index (χ2n) is 19.6. The van der Waals surface area contributed by atoms with Crippen LogP contribution in [-0.4, -0.2) is 70.0 Å². The summed E-state index contributed by atoms with van der Waals surface area (Å²) in [5, 5.41) is 0. The first-order chi connectivity index (χ1) is 32.5. The second-order valence-corrected chi connectivity index (χ2v) is 21.0. The van der Waals surface area contributed by atoms with Gasteiger partial charge in [0.25, 0.3) is 7.82 Å². The van der Waals surface area contributed by atoms with Crippen LogP contribution >= 0.6 is 7.82 Å². The summed E-state index contributed by atoms with van der Waals surface area (Å²) < 4.78 is 34.1. The van der Waals surface area contributed by atoms with E-state index >= 15 is 0 Å². The maximum Gasteiger partial charge on any atom is 0.306 e. The van der Waals surface area contributed by atoms with E-state index in [1.54, 1.807) is 0 Å². The van der Waals surface area contributed by atoms with Gasteiger partial charge in [0, 0.05) is 12.8 Å². The lowest BCUT2D eigenvalue weighted by Crippen LogP contribution is -2.37. The zero-order chi connectivity index (χ0) is 49.2. The van der Waals surface area contributed by atoms with Crippen molar-refractivity contribution in [1.29, 1.82) is 0 Å². The van der Waals surface area contributed by atoms with Gasteiger partial charge in [0.05, 0.1) is 27.7 Å². The fraction of sp³-hybridized carbons (Fsp3) is 0.789. The van der Waals surface area contributed by atoms with Gasteiger partial charge in [0.2, 0.25) is 0 Å². The van der Waals surface area contributed by atoms with E-state index in [1.165, 1.54) is 135 Å². The van der Waals surface area contributed by atoms with Crippen molar-refractivity contribution in [2.75, 3.05) is 47.5 Å². The van der Waals surface area contributed by atoms with E-state index in [4.69, 9.17) is 18.5 Å². The zero-order valence-electron chi connectivity index (χ0n) is 44.1. The zero-order valence-corrected chi connectivity index (χ0v) is 45.0. The number of phosphoric acid groups is 1. The molecule has 0 spiro atoms. The number of esters is 2. The molecule has 0 saturated heterocycles. The summed E-state index contributed by atoms with van der Waals surface area (Å²) in [7, 11) is 1.14. The van der Waals surface area contributed by atoms with Crippen LogP contribution in [0.4, 0.5) is 0 Å². The van der Waals surface area contributed by atoms with Gasteiger partial charge in [-0.3, -0.25) is 14.2 Å². The van der Waals surface area contributed by atoms with E-state index in [0.29, 0.717) is 17.4 Å². The van der Waals surface area contributed by atoms with Gasteiger partial charge in [0.15, 0.2) is 6.10 Å². The third-order valence-corrected chi connectivity index (χ3v) is 12.8. The number of allylic oxidation sites excluding steroid dienone is 10. The Morgan fingerprint density at radius 2 is 0.851 bits per heavy atom. The topological polar surface area (TPSA) is 111 Å². The van der Waals surface area contributed by atoms with Crippen molar-refractivity contribution in [3.63, 3.8) is 0 Å². The molecule has 10 heteroatoms. The number of likely N-dealkylation sites (N-methyl/N-ethyl adjacent to an activating group) is 1. The molecule has 0 aromatic rings. The largest absolute Gasteiger partial charge is 0.756 e. The number of hydrogen-bond donors (Lipinski definition) is 0. The van der Waals surface area contributed by atoms with Crippen LogP contribution in [-0.2, 0) is 32.7 Å². The number of ether oxygens (including phenoxy) is 2. The Morgan fingerprint density at radius 3 is 1.27 bits per heavy atom. The number of hydrogen-bond acceptors (Lipinski definition) is 8. The van der Waals surface area contributed by atoms with Crippen LogP contribution < -0.4 is 4.89 Å². The molecule has 0 amide bonds. The molecule has 0 aromatic carbocycles. The molecular formula is C57H104NO8P. The fourth-order valence-electron chi connectivity index (χ4n) is 7.57. The Kier molecular flexibility index (Phi) is 47.1. The van der Waals surface area contributed by atoms with E-state index in [-0.39, 0.29) is 32.0 Å². The van der Waals surface area contributed by atoms with Crippen LogP contribution in [0.15, 0.2) is 60.8 Å². The summed E-state index contributed by atoms with van der Waals surface area (Å²) in [6.07, 6.45) is 61.2. The van der Waals surface area contributed by atoms with Crippen LogP contribution in [0, 0.1) is 0 Å². The Bertz CT molecular complexity index is 1320. The highest BCUT2D eigenvalue weighted by Gasteiger charge is 2.21. The fourth-order valence-corrected chi connectivity index (χ4v) is 8.29. The van der Waals surface area contributed by atoms with Gasteiger partial charge >= 0.3 is 11.9 Å². The maximum absolute atomic E-state index is 12.7. The predicted octanol–water partition coefficient (Wildman–Crippen LogP) is 16.1. The molecule has 0 bridgehead atoms. The number of nitrogens with zero attached hydrogens (tertiary/aromatic N) is 1. The van der Waals surface area contributed by atoms with Gasteiger partial charge in [-0.1, -0.05) is 229 Å². The van der Waals surface area contributed by atoms with Crippen molar-refractivity contribution < 1.29 is 42.1 Å². The summed E-state index contributed by atoms with van der Waals surface area (Å²) in [5.74, 6) is -0.865. The molecule has 0 N–H and O–H groups in total. The second kappa shape index (κ2) is 48.7. The SMILES string of the molecule is CC/C=C\C/C=C\C/C=C\C/C=C\C/C=C\CCCCCC(=O)OC(COC(=O)CCCCCCCCCCCCCCCCCCCCCCCCCC)COP(=O)([O-])OCC[N+](C)(C)C. The van der Waals surface area contributed by atoms with Gasteiger partial charge in [0.1, 0.15) is 19.8 Å². The molecule has 0 fully saturated rings. The molecule has 0 aliphatic rings. The third kappa shape index (κ3) is 52.9. The molecule has 0 radical (unpaired) electrons. The molecule has 0 heterocycles. The van der Waals surface area contributed by atoms with E-state index in [9.17, 15) is 19.0 Å². The van der Waals surface area contributed by atoms with Crippen molar-refractivity contribution in [1.82, 2.24) is 0 Å². The Hall–Kier alpha value is -2.29. The number of quaternary nitrogens is 1. The van der Waals surface area contributed by atoms with Crippen molar-refractivity contribution in [2.24, 2.45) is 0 Å². The van der Waals surface area contributed by atoms with E-state index in [1.807, 2.05) is 21.1 Å². The smallest absolute Gasteiger partial charge is 0.306 e. The molecule has 0 rings (SSSR count). The first-order valence-corrected chi connectivity index (χ1v) is 29.0. The average molecular weight is 962 g/mol. The average Bonchev–Trinajstić information content (AvgIpc) is 3.29. The van der Waals surface area contributed by atoms with E-state index < -0.39 is 26.5 Å². The highest BCUT2D eigenvalue weighted by atomic mass is 31.2. The minimum absolute atomic E-state index is 0.0388.